The van der Waals surface area contributed by atoms with Crippen molar-refractivity contribution in [1.29, 1.82) is 0 Å². The standard InChI is InChI=1S/C42H66N2O4/c1-3-5-7-9-11-13-15-17-19-21-35-47-39-27-23-37(24-28-39)41(45)43-31-33-44(34-32-43)42(46)38-25-29-40(30-26-38)48-36-22-20-18-16-14-12-10-8-6-4-2/h23-30H,3-22,31-36H2,1-2H3. The normalized spacial score (nSPS) is 13.1. The summed E-state index contributed by atoms with van der Waals surface area (Å²) in [7, 11) is 0. The highest BCUT2D eigenvalue weighted by Crippen LogP contribution is 2.19. The van der Waals surface area contributed by atoms with Gasteiger partial charge in [0.2, 0.25) is 0 Å². The minimum Gasteiger partial charge on any atom is -0.494 e. The summed E-state index contributed by atoms with van der Waals surface area (Å²) in [4.78, 5) is 30.0. The zero-order valence-corrected chi connectivity index (χ0v) is 30.5. The molecule has 1 heterocycles. The van der Waals surface area contributed by atoms with E-state index in [4.69, 9.17) is 9.47 Å². The van der Waals surface area contributed by atoms with Crippen LogP contribution >= 0.6 is 0 Å². The van der Waals surface area contributed by atoms with Crippen LogP contribution in [0.4, 0.5) is 0 Å². The van der Waals surface area contributed by atoms with Crippen molar-refractivity contribution in [2.75, 3.05) is 39.4 Å². The van der Waals surface area contributed by atoms with E-state index in [1.807, 2.05) is 58.3 Å². The van der Waals surface area contributed by atoms with Crippen molar-refractivity contribution in [1.82, 2.24) is 9.80 Å². The summed E-state index contributed by atoms with van der Waals surface area (Å²) in [6.07, 6.45) is 26.1. The number of nitrogens with zero attached hydrogens (tertiary/aromatic N) is 2. The average Bonchev–Trinajstić information content (AvgIpc) is 3.13. The maximum atomic E-state index is 13.1. The molecule has 2 amide bonds. The molecule has 1 fully saturated rings. The van der Waals surface area contributed by atoms with Crippen LogP contribution in [-0.2, 0) is 0 Å². The Morgan fingerprint density at radius 2 is 0.708 bits per heavy atom. The predicted molar refractivity (Wildman–Crippen MR) is 199 cm³/mol. The van der Waals surface area contributed by atoms with Gasteiger partial charge in [-0.2, -0.15) is 0 Å². The van der Waals surface area contributed by atoms with E-state index < -0.39 is 0 Å². The molecule has 0 spiro atoms. The summed E-state index contributed by atoms with van der Waals surface area (Å²) in [5.74, 6) is 1.64. The molecule has 0 bridgehead atoms. The Hall–Kier alpha value is -3.02. The lowest BCUT2D eigenvalue weighted by molar-refractivity contribution is 0.0535. The molecule has 2 aromatic carbocycles. The molecule has 268 valence electrons. The van der Waals surface area contributed by atoms with Crippen molar-refractivity contribution < 1.29 is 19.1 Å². The third-order valence-electron chi connectivity index (χ3n) is 9.59. The molecule has 0 aromatic heterocycles. The summed E-state index contributed by atoms with van der Waals surface area (Å²) in [6, 6.07) is 15.0. The van der Waals surface area contributed by atoms with E-state index in [1.165, 1.54) is 116 Å². The van der Waals surface area contributed by atoms with Crippen LogP contribution in [0.15, 0.2) is 48.5 Å². The molecule has 0 saturated carbocycles. The minimum atomic E-state index is 0.00672. The third kappa shape index (κ3) is 15.9. The first-order chi connectivity index (χ1) is 23.6. The van der Waals surface area contributed by atoms with Crippen LogP contribution in [0.3, 0.4) is 0 Å². The van der Waals surface area contributed by atoms with Crippen LogP contribution in [0.1, 0.15) is 163 Å². The van der Waals surface area contributed by atoms with Gasteiger partial charge in [0.05, 0.1) is 13.2 Å². The van der Waals surface area contributed by atoms with Gasteiger partial charge in [-0.25, -0.2) is 0 Å². The van der Waals surface area contributed by atoms with E-state index in [-0.39, 0.29) is 11.8 Å². The second kappa shape index (κ2) is 25.0. The van der Waals surface area contributed by atoms with Gasteiger partial charge >= 0.3 is 0 Å². The molecule has 6 heteroatoms. The van der Waals surface area contributed by atoms with E-state index in [0.717, 1.165) is 37.6 Å². The molecule has 1 saturated heterocycles. The molecule has 0 atom stereocenters. The van der Waals surface area contributed by atoms with Crippen LogP contribution in [0, 0.1) is 0 Å². The van der Waals surface area contributed by atoms with E-state index >= 15 is 0 Å². The van der Waals surface area contributed by atoms with Crippen LogP contribution < -0.4 is 9.47 Å². The Kier molecular flexibility index (Phi) is 20.5. The number of amides is 2. The van der Waals surface area contributed by atoms with Crippen molar-refractivity contribution in [3.8, 4) is 11.5 Å². The maximum absolute atomic E-state index is 13.1. The fraction of sp³-hybridized carbons (Fsp3) is 0.667. The van der Waals surface area contributed by atoms with Gasteiger partial charge < -0.3 is 19.3 Å². The number of rotatable bonds is 26. The van der Waals surface area contributed by atoms with Gasteiger partial charge in [-0.1, -0.05) is 129 Å². The first-order valence-corrected chi connectivity index (χ1v) is 19.7. The van der Waals surface area contributed by atoms with Crippen LogP contribution in [-0.4, -0.2) is 61.0 Å². The smallest absolute Gasteiger partial charge is 0.253 e. The van der Waals surface area contributed by atoms with Gasteiger partial charge in [-0.05, 0) is 61.4 Å². The number of carbonyl (C=O) groups is 2. The molecule has 3 rings (SSSR count). The molecule has 1 aliphatic heterocycles. The number of hydrogen-bond acceptors (Lipinski definition) is 4. The third-order valence-corrected chi connectivity index (χ3v) is 9.59. The Balaban J connectivity index is 1.25. The van der Waals surface area contributed by atoms with Crippen molar-refractivity contribution in [3.05, 3.63) is 59.7 Å². The van der Waals surface area contributed by atoms with Crippen molar-refractivity contribution in [2.24, 2.45) is 0 Å². The highest BCUT2D eigenvalue weighted by atomic mass is 16.5. The quantitative estimate of drug-likeness (QED) is 0.0941. The molecular weight excluding hydrogens is 596 g/mol. The zero-order valence-electron chi connectivity index (χ0n) is 30.5. The molecule has 0 radical (unpaired) electrons. The molecule has 0 unspecified atom stereocenters. The molecule has 48 heavy (non-hydrogen) atoms. The summed E-state index contributed by atoms with van der Waals surface area (Å²) in [5, 5.41) is 0. The monoisotopic (exact) mass is 663 g/mol. The van der Waals surface area contributed by atoms with Gasteiger partial charge in [-0.15, -0.1) is 0 Å². The molecule has 6 nitrogen and oxygen atoms in total. The second-order valence-corrected chi connectivity index (χ2v) is 13.7. The largest absolute Gasteiger partial charge is 0.494 e. The van der Waals surface area contributed by atoms with Crippen LogP contribution in [0.5, 0.6) is 11.5 Å². The Morgan fingerprint density at radius 3 is 1.00 bits per heavy atom. The number of benzene rings is 2. The Labute approximate surface area is 293 Å². The summed E-state index contributed by atoms with van der Waals surface area (Å²) < 4.78 is 11.8. The maximum Gasteiger partial charge on any atom is 0.253 e. The zero-order chi connectivity index (χ0) is 34.1. The Bertz CT molecular complexity index is 1020. The van der Waals surface area contributed by atoms with Gasteiger partial charge in [0.1, 0.15) is 11.5 Å². The van der Waals surface area contributed by atoms with Crippen LogP contribution in [0.2, 0.25) is 0 Å². The van der Waals surface area contributed by atoms with Gasteiger partial charge in [0.25, 0.3) is 11.8 Å². The van der Waals surface area contributed by atoms with E-state index in [9.17, 15) is 9.59 Å². The Morgan fingerprint density at radius 1 is 0.438 bits per heavy atom. The van der Waals surface area contributed by atoms with Gasteiger partial charge in [0, 0.05) is 37.3 Å². The summed E-state index contributed by atoms with van der Waals surface area (Å²) in [6.45, 7) is 8.08. The SMILES string of the molecule is CCCCCCCCCCCCOc1ccc(C(=O)N2CCN(C(=O)c3ccc(OCCCCCCCCCCCC)cc3)CC2)cc1. The van der Waals surface area contributed by atoms with Gasteiger partial charge in [-0.3, -0.25) is 9.59 Å². The van der Waals surface area contributed by atoms with Crippen molar-refractivity contribution in [2.45, 2.75) is 142 Å². The molecule has 2 aromatic rings. The number of unbranched alkanes of at least 4 members (excludes halogenated alkanes) is 18. The number of carbonyl (C=O) groups excluding carboxylic acids is 2. The van der Waals surface area contributed by atoms with Crippen molar-refractivity contribution >= 4 is 11.8 Å². The summed E-state index contributed by atoms with van der Waals surface area (Å²) >= 11 is 0. The molecular formula is C42H66N2O4. The lowest BCUT2D eigenvalue weighted by Gasteiger charge is -2.35. The van der Waals surface area contributed by atoms with E-state index in [0.29, 0.717) is 37.3 Å². The molecule has 1 aliphatic rings. The van der Waals surface area contributed by atoms with E-state index in [1.54, 1.807) is 0 Å². The highest BCUT2D eigenvalue weighted by molar-refractivity contribution is 5.96. The van der Waals surface area contributed by atoms with Crippen LogP contribution in [0.25, 0.3) is 0 Å². The first kappa shape index (κ1) is 39.4. The van der Waals surface area contributed by atoms with E-state index in [2.05, 4.69) is 13.8 Å². The number of ether oxygens (including phenoxy) is 2. The topological polar surface area (TPSA) is 59.1 Å². The predicted octanol–water partition coefficient (Wildman–Crippen LogP) is 10.9. The number of hydrogen-bond donors (Lipinski definition) is 0. The second-order valence-electron chi connectivity index (χ2n) is 13.7. The lowest BCUT2D eigenvalue weighted by atomic mass is 10.1. The fourth-order valence-electron chi connectivity index (χ4n) is 6.42. The average molecular weight is 663 g/mol. The van der Waals surface area contributed by atoms with Gasteiger partial charge in [0.15, 0.2) is 0 Å². The minimum absolute atomic E-state index is 0.00672. The molecule has 0 N–H and O–H groups in total. The summed E-state index contributed by atoms with van der Waals surface area (Å²) in [5.41, 5.74) is 1.32. The molecule has 0 aliphatic carbocycles. The first-order valence-electron chi connectivity index (χ1n) is 19.7. The van der Waals surface area contributed by atoms with Crippen molar-refractivity contribution in [3.63, 3.8) is 0 Å². The number of piperazine rings is 1. The highest BCUT2D eigenvalue weighted by Gasteiger charge is 2.25. The fourth-order valence-corrected chi connectivity index (χ4v) is 6.42. The lowest BCUT2D eigenvalue weighted by Crippen LogP contribution is -2.50.